The fourth-order valence-corrected chi connectivity index (χ4v) is 1.58. The second-order valence-electron chi connectivity index (χ2n) is 3.60. The summed E-state index contributed by atoms with van der Waals surface area (Å²) in [6.45, 7) is 0. The number of amides is 2. The molecular weight excluding hydrogens is 252 g/mol. The molecule has 0 saturated carbocycles. The highest BCUT2D eigenvalue weighted by molar-refractivity contribution is 6.30. The summed E-state index contributed by atoms with van der Waals surface area (Å²) in [5, 5.41) is 5.82. The normalized spacial score (nSPS) is 9.83. The van der Waals surface area contributed by atoms with Gasteiger partial charge in [-0.3, -0.25) is 4.98 Å². The number of aromatic nitrogens is 1. The fraction of sp³-hybridized carbons (Fsp3) is 0. The van der Waals surface area contributed by atoms with Crippen molar-refractivity contribution in [2.45, 2.75) is 0 Å². The first-order valence-corrected chi connectivity index (χ1v) is 5.55. The monoisotopic (exact) mass is 262 g/mol. The van der Waals surface area contributed by atoms with Crippen molar-refractivity contribution in [2.75, 3.05) is 16.4 Å². The molecule has 0 atom stereocenters. The Kier molecular flexibility index (Phi) is 3.64. The fourth-order valence-electron chi connectivity index (χ4n) is 1.39. The topological polar surface area (TPSA) is 80.0 Å². The highest BCUT2D eigenvalue weighted by Crippen LogP contribution is 2.15. The number of carbonyl (C=O) groups is 1. The molecule has 5 nitrogen and oxygen atoms in total. The molecule has 2 rings (SSSR count). The van der Waals surface area contributed by atoms with E-state index >= 15 is 0 Å². The first-order valence-electron chi connectivity index (χ1n) is 5.17. The Morgan fingerprint density at radius 2 is 1.94 bits per heavy atom. The molecule has 2 aromatic rings. The number of carbonyl (C=O) groups excluding carboxylic acids is 1. The number of hydrogen-bond acceptors (Lipinski definition) is 3. The molecule has 1 heterocycles. The van der Waals surface area contributed by atoms with Crippen molar-refractivity contribution in [1.82, 2.24) is 4.98 Å². The zero-order chi connectivity index (χ0) is 13.0. The maximum atomic E-state index is 11.7. The Morgan fingerprint density at radius 3 is 2.67 bits per heavy atom. The van der Waals surface area contributed by atoms with Gasteiger partial charge in [0.1, 0.15) is 0 Å². The van der Waals surface area contributed by atoms with Gasteiger partial charge in [-0.2, -0.15) is 0 Å². The van der Waals surface area contributed by atoms with Crippen LogP contribution >= 0.6 is 11.6 Å². The Morgan fingerprint density at radius 1 is 1.17 bits per heavy atom. The third-order valence-electron chi connectivity index (χ3n) is 2.10. The van der Waals surface area contributed by atoms with Gasteiger partial charge in [0.25, 0.3) is 0 Å². The lowest BCUT2D eigenvalue weighted by Crippen LogP contribution is -2.19. The molecule has 0 aliphatic rings. The number of halogens is 1. The third kappa shape index (κ3) is 3.36. The summed E-state index contributed by atoms with van der Waals surface area (Å²) in [5.74, 6) is 0. The van der Waals surface area contributed by atoms with Crippen LogP contribution in [0.2, 0.25) is 5.02 Å². The summed E-state index contributed by atoms with van der Waals surface area (Å²) in [6.07, 6.45) is 3.01. The van der Waals surface area contributed by atoms with E-state index in [0.29, 0.717) is 22.1 Å². The summed E-state index contributed by atoms with van der Waals surface area (Å²) in [7, 11) is 0. The van der Waals surface area contributed by atoms with E-state index in [9.17, 15) is 4.79 Å². The van der Waals surface area contributed by atoms with E-state index in [1.54, 1.807) is 30.3 Å². The molecule has 92 valence electrons. The SMILES string of the molecule is Nc1cncc(NC(=O)Nc2cccc(Cl)c2)c1. The number of nitrogens with zero attached hydrogens (tertiary/aromatic N) is 1. The molecule has 2 amide bonds. The molecule has 0 saturated heterocycles. The predicted molar refractivity (Wildman–Crippen MR) is 72.7 cm³/mol. The summed E-state index contributed by atoms with van der Waals surface area (Å²) >= 11 is 5.81. The van der Waals surface area contributed by atoms with Gasteiger partial charge in [-0.15, -0.1) is 0 Å². The maximum Gasteiger partial charge on any atom is 0.323 e. The van der Waals surface area contributed by atoms with Gasteiger partial charge < -0.3 is 16.4 Å². The molecule has 18 heavy (non-hydrogen) atoms. The number of urea groups is 1. The van der Waals surface area contributed by atoms with E-state index in [1.165, 1.54) is 12.4 Å². The minimum atomic E-state index is -0.385. The van der Waals surface area contributed by atoms with Crippen molar-refractivity contribution in [2.24, 2.45) is 0 Å². The number of anilines is 3. The van der Waals surface area contributed by atoms with Crippen molar-refractivity contribution in [1.29, 1.82) is 0 Å². The lowest BCUT2D eigenvalue weighted by atomic mass is 10.3. The number of pyridine rings is 1. The molecule has 1 aromatic carbocycles. The van der Waals surface area contributed by atoms with Crippen LogP contribution in [0.15, 0.2) is 42.7 Å². The standard InChI is InChI=1S/C12H11ClN4O/c13-8-2-1-3-10(4-8)16-12(18)17-11-5-9(14)6-15-7-11/h1-7H,14H2,(H2,16,17,18). The zero-order valence-electron chi connectivity index (χ0n) is 9.35. The minimum Gasteiger partial charge on any atom is -0.397 e. The molecule has 0 radical (unpaired) electrons. The second kappa shape index (κ2) is 5.37. The molecule has 0 spiro atoms. The Bertz CT molecular complexity index is 524. The van der Waals surface area contributed by atoms with Crippen LogP contribution in [0.5, 0.6) is 0 Å². The van der Waals surface area contributed by atoms with Crippen LogP contribution in [0, 0.1) is 0 Å². The first-order chi connectivity index (χ1) is 8.63. The lowest BCUT2D eigenvalue weighted by Gasteiger charge is -2.07. The average Bonchev–Trinajstić information content (AvgIpc) is 2.28. The molecule has 6 heteroatoms. The molecule has 0 aliphatic heterocycles. The number of nitrogen functional groups attached to an aromatic ring is 1. The molecule has 0 bridgehead atoms. The maximum absolute atomic E-state index is 11.7. The third-order valence-corrected chi connectivity index (χ3v) is 2.33. The van der Waals surface area contributed by atoms with Crippen molar-refractivity contribution < 1.29 is 4.79 Å². The summed E-state index contributed by atoms with van der Waals surface area (Å²) < 4.78 is 0. The van der Waals surface area contributed by atoms with Crippen LogP contribution < -0.4 is 16.4 Å². The molecule has 1 aromatic heterocycles. The number of nitrogens with two attached hydrogens (primary N) is 1. The summed E-state index contributed by atoms with van der Waals surface area (Å²) in [5.41, 5.74) is 7.17. The Labute approximate surface area is 109 Å². The largest absolute Gasteiger partial charge is 0.397 e. The van der Waals surface area contributed by atoms with Crippen molar-refractivity contribution in [3.05, 3.63) is 47.7 Å². The molecular formula is C12H11ClN4O. The zero-order valence-corrected chi connectivity index (χ0v) is 10.1. The van der Waals surface area contributed by atoms with Gasteiger partial charge >= 0.3 is 6.03 Å². The van der Waals surface area contributed by atoms with Gasteiger partial charge in [0.2, 0.25) is 0 Å². The second-order valence-corrected chi connectivity index (χ2v) is 4.03. The molecule has 4 N–H and O–H groups in total. The van der Waals surface area contributed by atoms with Gasteiger partial charge in [-0.1, -0.05) is 17.7 Å². The highest BCUT2D eigenvalue weighted by Gasteiger charge is 2.03. The molecule has 0 aliphatic carbocycles. The number of benzene rings is 1. The summed E-state index contributed by atoms with van der Waals surface area (Å²) in [4.78, 5) is 15.5. The van der Waals surface area contributed by atoms with Gasteiger partial charge in [-0.05, 0) is 24.3 Å². The van der Waals surface area contributed by atoms with Crippen LogP contribution in [0.25, 0.3) is 0 Å². The van der Waals surface area contributed by atoms with Crippen LogP contribution in [-0.2, 0) is 0 Å². The van der Waals surface area contributed by atoms with Gasteiger partial charge in [0.05, 0.1) is 17.6 Å². The average molecular weight is 263 g/mol. The van der Waals surface area contributed by atoms with Gasteiger partial charge in [-0.25, -0.2) is 4.79 Å². The Balaban J connectivity index is 2.01. The van der Waals surface area contributed by atoms with E-state index in [-0.39, 0.29) is 6.03 Å². The highest BCUT2D eigenvalue weighted by atomic mass is 35.5. The lowest BCUT2D eigenvalue weighted by molar-refractivity contribution is 0.262. The van der Waals surface area contributed by atoms with E-state index in [2.05, 4.69) is 15.6 Å². The van der Waals surface area contributed by atoms with Gasteiger partial charge in [0, 0.05) is 16.9 Å². The van der Waals surface area contributed by atoms with Crippen molar-refractivity contribution >= 4 is 34.7 Å². The number of hydrogen-bond donors (Lipinski definition) is 3. The summed E-state index contributed by atoms with van der Waals surface area (Å²) in [6, 6.07) is 8.10. The van der Waals surface area contributed by atoms with Crippen LogP contribution in [0.3, 0.4) is 0 Å². The number of rotatable bonds is 2. The Hall–Kier alpha value is -2.27. The first kappa shape index (κ1) is 12.2. The van der Waals surface area contributed by atoms with Crippen LogP contribution in [0.1, 0.15) is 0 Å². The number of nitrogens with one attached hydrogen (secondary N) is 2. The van der Waals surface area contributed by atoms with E-state index in [1.807, 2.05) is 0 Å². The quantitative estimate of drug-likeness (QED) is 0.778. The minimum absolute atomic E-state index is 0.385. The van der Waals surface area contributed by atoms with Gasteiger partial charge in [0.15, 0.2) is 0 Å². The van der Waals surface area contributed by atoms with E-state index in [4.69, 9.17) is 17.3 Å². The smallest absolute Gasteiger partial charge is 0.323 e. The van der Waals surface area contributed by atoms with E-state index in [0.717, 1.165) is 0 Å². The van der Waals surface area contributed by atoms with Crippen molar-refractivity contribution in [3.8, 4) is 0 Å². The molecule has 0 fully saturated rings. The van der Waals surface area contributed by atoms with Crippen LogP contribution in [0.4, 0.5) is 21.9 Å². The van der Waals surface area contributed by atoms with E-state index < -0.39 is 0 Å². The molecule has 0 unspecified atom stereocenters. The van der Waals surface area contributed by atoms with Crippen LogP contribution in [-0.4, -0.2) is 11.0 Å². The predicted octanol–water partition coefficient (Wildman–Crippen LogP) is 2.96. The van der Waals surface area contributed by atoms with Crippen molar-refractivity contribution in [3.63, 3.8) is 0 Å².